The topological polar surface area (TPSA) is 93.4 Å². The summed E-state index contributed by atoms with van der Waals surface area (Å²) in [5.41, 5.74) is 6.63. The molecule has 178 valence electrons. The summed E-state index contributed by atoms with van der Waals surface area (Å²) in [7, 11) is 0. The Morgan fingerprint density at radius 3 is 2.88 bits per heavy atom. The minimum atomic E-state index is -4.29. The molecule has 1 aromatic heterocycles. The van der Waals surface area contributed by atoms with Crippen LogP contribution in [0.5, 0.6) is 5.75 Å². The van der Waals surface area contributed by atoms with Gasteiger partial charge in [-0.1, -0.05) is 18.7 Å². The van der Waals surface area contributed by atoms with E-state index in [-0.39, 0.29) is 18.2 Å². The van der Waals surface area contributed by atoms with Crippen LogP contribution in [0, 0.1) is 5.82 Å². The third-order valence-corrected chi connectivity index (χ3v) is 7.07. The zero-order valence-corrected chi connectivity index (χ0v) is 18.5. The Kier molecular flexibility index (Phi) is 6.66. The van der Waals surface area contributed by atoms with E-state index in [4.69, 9.17) is 10.5 Å². The number of alkyl halides is 3. The van der Waals surface area contributed by atoms with Crippen molar-refractivity contribution in [3.8, 4) is 5.75 Å². The number of benzene rings is 1. The number of thioether (sulfide) groups is 1. The number of piperidine rings is 1. The lowest BCUT2D eigenvalue weighted by Gasteiger charge is -2.33. The van der Waals surface area contributed by atoms with Gasteiger partial charge in [0, 0.05) is 24.1 Å². The molecule has 33 heavy (non-hydrogen) atoms. The molecule has 2 unspecified atom stereocenters. The Bertz CT molecular complexity index is 1040. The number of likely N-dealkylation sites (tertiary alicyclic amines) is 1. The third kappa shape index (κ3) is 5.49. The Morgan fingerprint density at radius 1 is 1.36 bits per heavy atom. The maximum atomic E-state index is 14.0. The van der Waals surface area contributed by atoms with E-state index in [0.29, 0.717) is 35.9 Å². The Balaban J connectivity index is 1.55. The number of amides is 1. The molecule has 2 aromatic rings. The van der Waals surface area contributed by atoms with Gasteiger partial charge in [0.1, 0.15) is 34.8 Å². The van der Waals surface area contributed by atoms with E-state index in [1.54, 1.807) is 0 Å². The van der Waals surface area contributed by atoms with Crippen LogP contribution in [0.4, 0.5) is 29.1 Å². The van der Waals surface area contributed by atoms with E-state index in [1.807, 2.05) is 6.92 Å². The van der Waals surface area contributed by atoms with Crippen molar-refractivity contribution in [1.29, 1.82) is 0 Å². The maximum Gasteiger partial charge on any atom is 0.401 e. The number of fused-ring (bicyclic) bond motifs is 1. The first-order valence-corrected chi connectivity index (χ1v) is 11.3. The number of carbonyl (C=O) groups is 1. The van der Waals surface area contributed by atoms with Crippen molar-refractivity contribution in [2.45, 2.75) is 48.2 Å². The number of nitrogens with two attached hydrogens (primary N) is 1. The number of nitrogens with one attached hydrogen (secondary N) is 1. The molecule has 0 bridgehead atoms. The molecule has 2 aliphatic heterocycles. The molecule has 1 aromatic carbocycles. The molecule has 3 heterocycles. The number of anilines is 2. The van der Waals surface area contributed by atoms with E-state index in [9.17, 15) is 22.4 Å². The summed E-state index contributed by atoms with van der Waals surface area (Å²) in [6, 6.07) is 3.92. The highest BCUT2D eigenvalue weighted by Gasteiger charge is 2.38. The van der Waals surface area contributed by atoms with Crippen LogP contribution in [-0.4, -0.2) is 57.9 Å². The number of halogens is 4. The van der Waals surface area contributed by atoms with Crippen LogP contribution >= 0.6 is 11.8 Å². The molecule has 2 aliphatic rings. The molecule has 12 heteroatoms. The maximum absolute atomic E-state index is 14.0. The monoisotopic (exact) mass is 485 g/mol. The molecular formula is C21H23F4N5O2S. The van der Waals surface area contributed by atoms with Crippen LogP contribution in [-0.2, 0) is 4.79 Å². The average Bonchev–Trinajstić information content (AvgIpc) is 3.07. The fourth-order valence-corrected chi connectivity index (χ4v) is 5.39. The number of rotatable bonds is 6. The average molecular weight is 486 g/mol. The molecule has 0 saturated carbocycles. The number of hydrogen-bond donors (Lipinski definition) is 2. The fraction of sp³-hybridized carbons (Fsp3) is 0.476. The molecule has 1 fully saturated rings. The highest BCUT2D eigenvalue weighted by molar-refractivity contribution is 8.01. The first-order valence-electron chi connectivity index (χ1n) is 10.4. The van der Waals surface area contributed by atoms with Gasteiger partial charge in [-0.05, 0) is 31.5 Å². The number of hydrogen-bond acceptors (Lipinski definition) is 7. The lowest BCUT2D eigenvalue weighted by Crippen LogP contribution is -2.45. The van der Waals surface area contributed by atoms with Crippen molar-refractivity contribution in [3.63, 3.8) is 0 Å². The van der Waals surface area contributed by atoms with Crippen molar-refractivity contribution < 1.29 is 27.1 Å². The molecule has 3 atom stereocenters. The first-order chi connectivity index (χ1) is 15.6. The van der Waals surface area contributed by atoms with Crippen molar-refractivity contribution >= 4 is 29.2 Å². The molecule has 0 aliphatic carbocycles. The van der Waals surface area contributed by atoms with Crippen molar-refractivity contribution in [1.82, 2.24) is 14.9 Å². The first kappa shape index (κ1) is 23.6. The molecule has 7 nitrogen and oxygen atoms in total. The Hall–Kier alpha value is -2.60. The van der Waals surface area contributed by atoms with Gasteiger partial charge < -0.3 is 15.8 Å². The summed E-state index contributed by atoms with van der Waals surface area (Å²) in [6.45, 7) is 1.26. The van der Waals surface area contributed by atoms with Gasteiger partial charge in [0.05, 0.1) is 17.5 Å². The standard InChI is InChI=1S/C21H23F4N5O2S/c1-11-16-19(27-10-28-20(16)33-17(11)18(26)31)29-14-5-4-12(22)7-15(14)32-13-3-2-6-30(8-13)9-21(23,24)25/h4-5,7,10-11,13,17H,2-3,6,8-9H2,1H3,(H2,26,31)(H,27,28,29)/t11?,13-,17?/m0/s1. The summed E-state index contributed by atoms with van der Waals surface area (Å²) in [5.74, 6) is -0.633. The zero-order chi connectivity index (χ0) is 23.8. The lowest BCUT2D eigenvalue weighted by atomic mass is 9.99. The molecule has 1 amide bonds. The van der Waals surface area contributed by atoms with Crippen LogP contribution in [0.15, 0.2) is 29.6 Å². The summed E-state index contributed by atoms with van der Waals surface area (Å²) < 4.78 is 58.3. The van der Waals surface area contributed by atoms with Gasteiger partial charge in [-0.3, -0.25) is 9.69 Å². The van der Waals surface area contributed by atoms with E-state index in [0.717, 1.165) is 5.56 Å². The highest BCUT2D eigenvalue weighted by atomic mass is 32.2. The molecule has 3 N–H and O–H groups in total. The van der Waals surface area contributed by atoms with Crippen LogP contribution < -0.4 is 15.8 Å². The molecule has 1 saturated heterocycles. The number of ether oxygens (including phenoxy) is 1. The Morgan fingerprint density at radius 2 is 2.15 bits per heavy atom. The molecule has 4 rings (SSSR count). The summed E-state index contributed by atoms with van der Waals surface area (Å²) in [6.07, 6.45) is -2.36. The van der Waals surface area contributed by atoms with Gasteiger partial charge in [-0.15, -0.1) is 0 Å². The predicted molar refractivity (Wildman–Crippen MR) is 115 cm³/mol. The van der Waals surface area contributed by atoms with Crippen LogP contribution in [0.3, 0.4) is 0 Å². The van der Waals surface area contributed by atoms with Gasteiger partial charge in [0.15, 0.2) is 0 Å². The summed E-state index contributed by atoms with van der Waals surface area (Å²) >= 11 is 1.26. The van der Waals surface area contributed by atoms with Crippen LogP contribution in [0.1, 0.15) is 31.2 Å². The van der Waals surface area contributed by atoms with Crippen molar-refractivity contribution in [2.24, 2.45) is 5.73 Å². The predicted octanol–water partition coefficient (Wildman–Crippen LogP) is 3.83. The van der Waals surface area contributed by atoms with Gasteiger partial charge in [-0.25, -0.2) is 14.4 Å². The SMILES string of the molecule is CC1c2c(Nc3ccc(F)cc3O[C@H]3CCCN(CC(F)(F)F)C3)ncnc2SC1C(N)=O. The number of primary amides is 1. The Labute approximate surface area is 192 Å². The second-order valence-corrected chi connectivity index (χ2v) is 9.30. The second kappa shape index (κ2) is 9.34. The minimum absolute atomic E-state index is 0.0896. The lowest BCUT2D eigenvalue weighted by molar-refractivity contribution is -0.150. The normalized spacial score (nSPS) is 23.2. The summed E-state index contributed by atoms with van der Waals surface area (Å²) in [5, 5.41) is 3.27. The van der Waals surface area contributed by atoms with E-state index in [1.165, 1.54) is 41.2 Å². The number of carbonyl (C=O) groups excluding carboxylic acids is 1. The van der Waals surface area contributed by atoms with E-state index in [2.05, 4.69) is 15.3 Å². The zero-order valence-electron chi connectivity index (χ0n) is 17.7. The third-order valence-electron chi connectivity index (χ3n) is 5.63. The van der Waals surface area contributed by atoms with Crippen molar-refractivity contribution in [2.75, 3.05) is 25.0 Å². The molecule has 0 radical (unpaired) electrons. The molecule has 0 spiro atoms. The highest BCUT2D eigenvalue weighted by Crippen LogP contribution is 2.47. The fourth-order valence-electron chi connectivity index (χ4n) is 4.17. The van der Waals surface area contributed by atoms with Gasteiger partial charge in [0.2, 0.25) is 5.91 Å². The number of nitrogens with zero attached hydrogens (tertiary/aromatic N) is 3. The molecular weight excluding hydrogens is 462 g/mol. The van der Waals surface area contributed by atoms with Gasteiger partial charge in [-0.2, -0.15) is 13.2 Å². The van der Waals surface area contributed by atoms with E-state index >= 15 is 0 Å². The number of aromatic nitrogens is 2. The van der Waals surface area contributed by atoms with Gasteiger partial charge in [0.25, 0.3) is 0 Å². The quantitative estimate of drug-likeness (QED) is 0.475. The smallest absolute Gasteiger partial charge is 0.401 e. The summed E-state index contributed by atoms with van der Waals surface area (Å²) in [4.78, 5) is 21.6. The van der Waals surface area contributed by atoms with Crippen LogP contribution in [0.25, 0.3) is 0 Å². The van der Waals surface area contributed by atoms with Crippen molar-refractivity contribution in [3.05, 3.63) is 35.9 Å². The van der Waals surface area contributed by atoms with Gasteiger partial charge >= 0.3 is 6.18 Å². The second-order valence-electron chi connectivity index (χ2n) is 8.17. The minimum Gasteiger partial charge on any atom is -0.487 e. The van der Waals surface area contributed by atoms with E-state index < -0.39 is 35.8 Å². The largest absolute Gasteiger partial charge is 0.487 e. The van der Waals surface area contributed by atoms with Crippen LogP contribution in [0.2, 0.25) is 0 Å².